The molecule has 1 fully saturated rings. The maximum absolute atomic E-state index is 12.0. The molecule has 1 aliphatic rings. The molecule has 1 aromatic carbocycles. The molecule has 1 unspecified atom stereocenters. The third-order valence-electron chi connectivity index (χ3n) is 3.72. The fourth-order valence-corrected chi connectivity index (χ4v) is 2.62. The van der Waals surface area contributed by atoms with E-state index in [1.54, 1.807) is 13.0 Å². The predicted molar refractivity (Wildman–Crippen MR) is 89.6 cm³/mol. The Labute approximate surface area is 140 Å². The van der Waals surface area contributed by atoms with E-state index < -0.39 is 9.75 Å². The number of halogens is 2. The number of hydrogen-bond donors (Lipinski definition) is 1. The molecule has 1 atom stereocenters. The number of ether oxygens (including phenoxy) is 1. The Bertz CT molecular complexity index is 611. The summed E-state index contributed by atoms with van der Waals surface area (Å²) in [7, 11) is 0. The van der Waals surface area contributed by atoms with E-state index in [0.29, 0.717) is 18.7 Å². The number of alkyl halides is 2. The zero-order valence-corrected chi connectivity index (χ0v) is 14.0. The van der Waals surface area contributed by atoms with Crippen LogP contribution in [-0.4, -0.2) is 22.6 Å². The number of carbonyl (C=O) groups is 1. The Hall–Kier alpha value is -1.52. The molecule has 0 saturated heterocycles. The Balaban J connectivity index is 1.97. The Kier molecular flexibility index (Phi) is 4.83. The van der Waals surface area contributed by atoms with Crippen molar-refractivity contribution in [1.82, 2.24) is 5.43 Å². The molecule has 6 heteroatoms. The summed E-state index contributed by atoms with van der Waals surface area (Å²) in [4.78, 5) is 12.0. The van der Waals surface area contributed by atoms with Crippen LogP contribution in [0.1, 0.15) is 25.8 Å². The van der Waals surface area contributed by atoms with Crippen molar-refractivity contribution in [2.45, 2.75) is 24.6 Å². The smallest absolute Gasteiger partial charge is 0.249 e. The molecule has 1 aromatic rings. The van der Waals surface area contributed by atoms with Crippen molar-refractivity contribution in [2.24, 2.45) is 10.5 Å². The van der Waals surface area contributed by atoms with Gasteiger partial charge in [-0.25, -0.2) is 5.43 Å². The van der Waals surface area contributed by atoms with Crippen LogP contribution in [0.3, 0.4) is 0 Å². The van der Waals surface area contributed by atoms with Crippen molar-refractivity contribution in [3.8, 4) is 5.75 Å². The van der Waals surface area contributed by atoms with Gasteiger partial charge in [-0.2, -0.15) is 5.10 Å². The van der Waals surface area contributed by atoms with E-state index in [0.717, 1.165) is 11.3 Å². The molecule has 1 N–H and O–H groups in total. The highest BCUT2D eigenvalue weighted by Crippen LogP contribution is 2.63. The highest BCUT2D eigenvalue weighted by Gasteiger charge is 2.68. The molecule has 0 aromatic heterocycles. The average molecular weight is 341 g/mol. The minimum Gasteiger partial charge on any atom is -0.490 e. The summed E-state index contributed by atoms with van der Waals surface area (Å²) in [5.74, 6) is 0.475. The summed E-state index contributed by atoms with van der Waals surface area (Å²) < 4.78 is 4.41. The van der Waals surface area contributed by atoms with Crippen LogP contribution in [0.2, 0.25) is 0 Å². The largest absolute Gasteiger partial charge is 0.490 e. The van der Waals surface area contributed by atoms with Gasteiger partial charge in [-0.15, -0.1) is 23.2 Å². The van der Waals surface area contributed by atoms with Gasteiger partial charge < -0.3 is 4.74 Å². The van der Waals surface area contributed by atoms with Crippen molar-refractivity contribution in [1.29, 1.82) is 0 Å². The number of hydrogen-bond acceptors (Lipinski definition) is 3. The highest BCUT2D eigenvalue weighted by molar-refractivity contribution is 6.53. The van der Waals surface area contributed by atoms with Gasteiger partial charge in [0.1, 0.15) is 16.7 Å². The van der Waals surface area contributed by atoms with Crippen LogP contribution in [0.15, 0.2) is 42.0 Å². The number of benzene rings is 1. The van der Waals surface area contributed by atoms with Crippen LogP contribution < -0.4 is 10.2 Å². The summed E-state index contributed by atoms with van der Waals surface area (Å²) in [6.45, 7) is 7.58. The molecule has 1 amide bonds. The van der Waals surface area contributed by atoms with Crippen molar-refractivity contribution >= 4 is 34.8 Å². The van der Waals surface area contributed by atoms with E-state index in [-0.39, 0.29) is 5.91 Å². The first-order valence-electron chi connectivity index (χ1n) is 6.87. The summed E-state index contributed by atoms with van der Waals surface area (Å²) >= 11 is 11.9. The first kappa shape index (κ1) is 16.8. The van der Waals surface area contributed by atoms with Gasteiger partial charge in [0.2, 0.25) is 5.91 Å². The minimum absolute atomic E-state index is 0.275. The first-order valence-corrected chi connectivity index (χ1v) is 7.62. The number of amides is 1. The fraction of sp³-hybridized carbons (Fsp3) is 0.375. The molecule has 0 heterocycles. The minimum atomic E-state index is -0.995. The molecule has 0 spiro atoms. The Morgan fingerprint density at radius 1 is 1.45 bits per heavy atom. The second-order valence-corrected chi connectivity index (χ2v) is 6.96. The van der Waals surface area contributed by atoms with Crippen molar-refractivity contribution in [3.63, 3.8) is 0 Å². The van der Waals surface area contributed by atoms with E-state index >= 15 is 0 Å². The molecule has 0 aliphatic heterocycles. The van der Waals surface area contributed by atoms with Crippen LogP contribution in [0.5, 0.6) is 5.75 Å². The normalized spacial score (nSPS) is 22.8. The third-order valence-corrected chi connectivity index (χ3v) is 4.83. The fourth-order valence-electron chi connectivity index (χ4n) is 1.92. The van der Waals surface area contributed by atoms with E-state index in [2.05, 4.69) is 17.1 Å². The lowest BCUT2D eigenvalue weighted by Gasteiger charge is -2.10. The number of nitrogens with zero attached hydrogens (tertiary/aromatic N) is 1. The molecular weight excluding hydrogens is 323 g/mol. The van der Waals surface area contributed by atoms with Crippen LogP contribution in [0.25, 0.3) is 0 Å². The lowest BCUT2D eigenvalue weighted by molar-refractivity contribution is -0.125. The van der Waals surface area contributed by atoms with Gasteiger partial charge in [0.25, 0.3) is 0 Å². The van der Waals surface area contributed by atoms with Gasteiger partial charge in [0.15, 0.2) is 0 Å². The Morgan fingerprint density at radius 3 is 2.55 bits per heavy atom. The summed E-state index contributed by atoms with van der Waals surface area (Å²) in [5, 5.41) is 4.10. The summed E-state index contributed by atoms with van der Waals surface area (Å²) in [6, 6.07) is 7.42. The van der Waals surface area contributed by atoms with Gasteiger partial charge in [-0.05, 0) is 50.1 Å². The van der Waals surface area contributed by atoms with Crippen molar-refractivity contribution in [2.75, 3.05) is 6.61 Å². The van der Waals surface area contributed by atoms with Crippen LogP contribution >= 0.6 is 23.2 Å². The first-order chi connectivity index (χ1) is 10.3. The SMILES string of the molecule is C=CCOc1ccc(C(C)=NNC(=O)C2(C)CC2(Cl)Cl)cc1. The summed E-state index contributed by atoms with van der Waals surface area (Å²) in [6.07, 6.45) is 2.11. The second kappa shape index (κ2) is 6.31. The van der Waals surface area contributed by atoms with E-state index in [1.807, 2.05) is 31.2 Å². The molecule has 4 nitrogen and oxygen atoms in total. The number of nitrogens with one attached hydrogen (secondary N) is 1. The molecule has 1 aliphatic carbocycles. The second-order valence-electron chi connectivity index (χ2n) is 5.48. The third kappa shape index (κ3) is 3.45. The summed E-state index contributed by atoms with van der Waals surface area (Å²) in [5.41, 5.74) is 3.32. The maximum Gasteiger partial charge on any atom is 0.249 e. The number of carbonyl (C=O) groups excluding carboxylic acids is 1. The topological polar surface area (TPSA) is 50.7 Å². The van der Waals surface area contributed by atoms with E-state index in [9.17, 15) is 4.79 Å². The van der Waals surface area contributed by atoms with Gasteiger partial charge >= 0.3 is 0 Å². The Morgan fingerprint density at radius 2 is 2.05 bits per heavy atom. The van der Waals surface area contributed by atoms with Crippen molar-refractivity contribution < 1.29 is 9.53 Å². The van der Waals surface area contributed by atoms with E-state index in [1.165, 1.54) is 0 Å². The molecule has 118 valence electrons. The average Bonchev–Trinajstić information content (AvgIpc) is 3.02. The monoisotopic (exact) mass is 340 g/mol. The highest BCUT2D eigenvalue weighted by atomic mass is 35.5. The quantitative estimate of drug-likeness (QED) is 0.371. The van der Waals surface area contributed by atoms with Gasteiger partial charge in [0, 0.05) is 0 Å². The van der Waals surface area contributed by atoms with Crippen molar-refractivity contribution in [3.05, 3.63) is 42.5 Å². The van der Waals surface area contributed by atoms with E-state index in [4.69, 9.17) is 27.9 Å². The van der Waals surface area contributed by atoms with Gasteiger partial charge in [0.05, 0.1) is 11.1 Å². The van der Waals surface area contributed by atoms with Gasteiger partial charge in [-0.3, -0.25) is 4.79 Å². The zero-order valence-electron chi connectivity index (χ0n) is 12.5. The van der Waals surface area contributed by atoms with Crippen LogP contribution in [0.4, 0.5) is 0 Å². The van der Waals surface area contributed by atoms with Crippen LogP contribution in [0, 0.1) is 5.41 Å². The van der Waals surface area contributed by atoms with Crippen LogP contribution in [-0.2, 0) is 4.79 Å². The molecule has 0 radical (unpaired) electrons. The molecule has 1 saturated carbocycles. The molecule has 22 heavy (non-hydrogen) atoms. The lowest BCUT2D eigenvalue weighted by Crippen LogP contribution is -2.30. The van der Waals surface area contributed by atoms with Gasteiger partial charge in [-0.1, -0.05) is 12.7 Å². The molecular formula is C16H18Cl2N2O2. The molecule has 2 rings (SSSR count). The zero-order chi connectivity index (χ0) is 16.4. The standard InChI is InChI=1S/C16H18Cl2N2O2/c1-4-9-22-13-7-5-12(6-8-13)11(2)19-20-14(21)15(3)10-16(15,17)18/h4-8H,1,9-10H2,2-3H3,(H,20,21). The molecule has 0 bridgehead atoms. The lowest BCUT2D eigenvalue weighted by atomic mass is 10.1. The number of hydrazone groups is 1. The predicted octanol–water partition coefficient (Wildman–Crippen LogP) is 3.68. The maximum atomic E-state index is 12.0. The number of rotatable bonds is 6.